The van der Waals surface area contributed by atoms with Gasteiger partial charge in [0.25, 0.3) is 5.91 Å². The molecule has 1 heterocycles. The lowest BCUT2D eigenvalue weighted by atomic mass is 10.0. The van der Waals surface area contributed by atoms with Gasteiger partial charge >= 0.3 is 0 Å². The highest BCUT2D eigenvalue weighted by atomic mass is 32.2. The van der Waals surface area contributed by atoms with Gasteiger partial charge in [0.15, 0.2) is 0 Å². The molecular weight excluding hydrogens is 469 g/mol. The van der Waals surface area contributed by atoms with E-state index < -0.39 is 25.9 Å². The van der Waals surface area contributed by atoms with Crippen molar-refractivity contribution in [3.63, 3.8) is 0 Å². The Hall–Kier alpha value is -2.34. The Kier molecular flexibility index (Phi) is 7.88. The summed E-state index contributed by atoms with van der Waals surface area (Å²) in [5.41, 5.74) is 0.272. The lowest BCUT2D eigenvalue weighted by Gasteiger charge is -2.32. The Morgan fingerprint density at radius 1 is 1.00 bits per heavy atom. The van der Waals surface area contributed by atoms with Gasteiger partial charge in [0.2, 0.25) is 20.0 Å². The number of benzene rings is 2. The molecule has 2 aromatic rings. The van der Waals surface area contributed by atoms with E-state index in [-0.39, 0.29) is 27.3 Å². The predicted octanol–water partition coefficient (Wildman–Crippen LogP) is 2.44. The Labute approximate surface area is 194 Å². The highest BCUT2D eigenvalue weighted by Crippen LogP contribution is 2.21. The van der Waals surface area contributed by atoms with Gasteiger partial charge in [-0.2, -0.15) is 4.31 Å². The van der Waals surface area contributed by atoms with Crippen LogP contribution in [0, 0.1) is 5.82 Å². The van der Waals surface area contributed by atoms with Crippen LogP contribution in [0.4, 0.5) is 4.39 Å². The molecule has 0 unspecified atom stereocenters. The molecule has 8 nitrogen and oxygen atoms in total. The normalized spacial score (nSPS) is 15.7. The molecule has 0 atom stereocenters. The summed E-state index contributed by atoms with van der Waals surface area (Å²) in [6.07, 6.45) is 0.813. The molecule has 11 heteroatoms. The van der Waals surface area contributed by atoms with Gasteiger partial charge in [0.1, 0.15) is 5.82 Å². The maximum atomic E-state index is 13.1. The molecule has 0 aliphatic carbocycles. The SMILES string of the molecule is CCN(CC)S(=O)(=O)c1cccc(C(=O)N2CCC(NS(=O)(=O)c3ccc(F)cc3)CC2)c1. The number of carbonyl (C=O) groups excluding carboxylic acids is 1. The molecule has 1 aliphatic rings. The molecule has 1 saturated heterocycles. The van der Waals surface area contributed by atoms with E-state index in [0.29, 0.717) is 39.0 Å². The number of nitrogens with one attached hydrogen (secondary N) is 1. The zero-order valence-electron chi connectivity index (χ0n) is 18.6. The molecule has 0 aromatic heterocycles. The minimum Gasteiger partial charge on any atom is -0.339 e. The Morgan fingerprint density at radius 2 is 1.61 bits per heavy atom. The van der Waals surface area contributed by atoms with Crippen molar-refractivity contribution < 1.29 is 26.0 Å². The molecule has 3 rings (SSSR count). The van der Waals surface area contributed by atoms with Crippen LogP contribution >= 0.6 is 0 Å². The number of nitrogens with zero attached hydrogens (tertiary/aromatic N) is 2. The van der Waals surface area contributed by atoms with E-state index in [0.717, 1.165) is 12.1 Å². The van der Waals surface area contributed by atoms with Crippen LogP contribution in [0.2, 0.25) is 0 Å². The minimum atomic E-state index is -3.79. The van der Waals surface area contributed by atoms with Crippen LogP contribution in [-0.2, 0) is 20.0 Å². The number of carbonyl (C=O) groups is 1. The van der Waals surface area contributed by atoms with Crippen molar-refractivity contribution in [1.29, 1.82) is 0 Å². The molecule has 33 heavy (non-hydrogen) atoms. The number of likely N-dealkylation sites (tertiary alicyclic amines) is 1. The van der Waals surface area contributed by atoms with E-state index in [9.17, 15) is 26.0 Å². The minimum absolute atomic E-state index is 0.0198. The number of halogens is 1. The van der Waals surface area contributed by atoms with Crippen LogP contribution in [0.5, 0.6) is 0 Å². The second kappa shape index (κ2) is 10.3. The maximum absolute atomic E-state index is 13.1. The van der Waals surface area contributed by atoms with Crippen molar-refractivity contribution in [1.82, 2.24) is 13.9 Å². The quantitative estimate of drug-likeness (QED) is 0.603. The fourth-order valence-electron chi connectivity index (χ4n) is 3.79. The molecule has 180 valence electrons. The summed E-state index contributed by atoms with van der Waals surface area (Å²) in [7, 11) is -7.48. The van der Waals surface area contributed by atoms with E-state index >= 15 is 0 Å². The lowest BCUT2D eigenvalue weighted by molar-refractivity contribution is 0.0711. The monoisotopic (exact) mass is 497 g/mol. The fourth-order valence-corrected chi connectivity index (χ4v) is 6.60. The van der Waals surface area contributed by atoms with Crippen molar-refractivity contribution in [2.75, 3.05) is 26.2 Å². The summed E-state index contributed by atoms with van der Waals surface area (Å²) in [6.45, 7) is 4.82. The molecule has 0 bridgehead atoms. The molecule has 0 radical (unpaired) electrons. The number of hydrogen-bond acceptors (Lipinski definition) is 5. The predicted molar refractivity (Wildman–Crippen MR) is 122 cm³/mol. The Bertz CT molecular complexity index is 1190. The van der Waals surface area contributed by atoms with Crippen molar-refractivity contribution in [3.8, 4) is 0 Å². The fraction of sp³-hybridized carbons (Fsp3) is 0.409. The van der Waals surface area contributed by atoms with Gasteiger partial charge in [-0.25, -0.2) is 25.9 Å². The van der Waals surface area contributed by atoms with Crippen LogP contribution in [0.3, 0.4) is 0 Å². The Balaban J connectivity index is 1.66. The summed E-state index contributed by atoms with van der Waals surface area (Å²) in [4.78, 5) is 14.6. The standard InChI is InChI=1S/C22H28FN3O5S2/c1-3-26(4-2)33(30,31)21-7-5-6-17(16-21)22(27)25-14-12-19(13-15-25)24-32(28,29)20-10-8-18(23)9-11-20/h5-11,16,19,24H,3-4,12-15H2,1-2H3. The first-order valence-corrected chi connectivity index (χ1v) is 13.7. The van der Waals surface area contributed by atoms with Crippen LogP contribution in [0.15, 0.2) is 58.3 Å². The number of sulfonamides is 2. The Morgan fingerprint density at radius 3 is 2.18 bits per heavy atom. The second-order valence-electron chi connectivity index (χ2n) is 7.76. The van der Waals surface area contributed by atoms with Crippen molar-refractivity contribution in [2.45, 2.75) is 42.5 Å². The average molecular weight is 498 g/mol. The highest BCUT2D eigenvalue weighted by molar-refractivity contribution is 7.89. The van der Waals surface area contributed by atoms with E-state index in [1.54, 1.807) is 30.9 Å². The number of rotatable bonds is 8. The molecule has 2 aromatic carbocycles. The molecule has 0 spiro atoms. The van der Waals surface area contributed by atoms with Gasteiger partial charge in [0.05, 0.1) is 9.79 Å². The lowest BCUT2D eigenvalue weighted by Crippen LogP contribution is -2.46. The van der Waals surface area contributed by atoms with Gasteiger partial charge in [-0.15, -0.1) is 0 Å². The van der Waals surface area contributed by atoms with Crippen molar-refractivity contribution >= 4 is 26.0 Å². The largest absolute Gasteiger partial charge is 0.339 e. The van der Waals surface area contributed by atoms with Crippen LogP contribution in [-0.4, -0.2) is 64.2 Å². The van der Waals surface area contributed by atoms with Gasteiger partial charge < -0.3 is 4.90 Å². The van der Waals surface area contributed by atoms with E-state index in [1.807, 2.05) is 0 Å². The topological polar surface area (TPSA) is 104 Å². The van der Waals surface area contributed by atoms with Crippen LogP contribution in [0.1, 0.15) is 37.0 Å². The smallest absolute Gasteiger partial charge is 0.253 e. The van der Waals surface area contributed by atoms with E-state index in [2.05, 4.69) is 4.72 Å². The summed E-state index contributed by atoms with van der Waals surface area (Å²) in [6, 6.07) is 10.2. The van der Waals surface area contributed by atoms with Crippen LogP contribution in [0.25, 0.3) is 0 Å². The van der Waals surface area contributed by atoms with Crippen molar-refractivity contribution in [2.24, 2.45) is 0 Å². The first kappa shape index (κ1) is 25.3. The molecule has 1 aliphatic heterocycles. The summed E-state index contributed by atoms with van der Waals surface area (Å²) in [5.74, 6) is -0.818. The van der Waals surface area contributed by atoms with Gasteiger partial charge in [0, 0.05) is 37.8 Å². The summed E-state index contributed by atoms with van der Waals surface area (Å²) >= 11 is 0. The molecule has 1 amide bonds. The third kappa shape index (κ3) is 5.78. The molecular formula is C22H28FN3O5S2. The zero-order chi connectivity index (χ0) is 24.2. The highest BCUT2D eigenvalue weighted by Gasteiger charge is 2.28. The van der Waals surface area contributed by atoms with Gasteiger partial charge in [-0.1, -0.05) is 19.9 Å². The summed E-state index contributed by atoms with van der Waals surface area (Å²) in [5, 5.41) is 0. The number of hydrogen-bond donors (Lipinski definition) is 1. The number of piperidine rings is 1. The maximum Gasteiger partial charge on any atom is 0.253 e. The van der Waals surface area contributed by atoms with Gasteiger partial charge in [-0.3, -0.25) is 4.79 Å². The van der Waals surface area contributed by atoms with E-state index in [4.69, 9.17) is 0 Å². The molecule has 0 saturated carbocycles. The third-order valence-electron chi connectivity index (χ3n) is 5.65. The van der Waals surface area contributed by atoms with Gasteiger partial charge in [-0.05, 0) is 55.3 Å². The first-order chi connectivity index (χ1) is 15.6. The second-order valence-corrected chi connectivity index (χ2v) is 11.4. The third-order valence-corrected chi connectivity index (χ3v) is 9.23. The first-order valence-electron chi connectivity index (χ1n) is 10.8. The summed E-state index contributed by atoms with van der Waals surface area (Å²) < 4.78 is 67.6. The molecule has 1 fully saturated rings. The zero-order valence-corrected chi connectivity index (χ0v) is 20.2. The van der Waals surface area contributed by atoms with E-state index in [1.165, 1.54) is 28.6 Å². The van der Waals surface area contributed by atoms with Crippen molar-refractivity contribution in [3.05, 3.63) is 59.9 Å². The number of amides is 1. The van der Waals surface area contributed by atoms with Crippen LogP contribution < -0.4 is 4.72 Å². The molecule has 1 N–H and O–H groups in total. The average Bonchev–Trinajstić information content (AvgIpc) is 2.80.